The second-order valence-corrected chi connectivity index (χ2v) is 6.95. The highest BCUT2D eigenvalue weighted by atomic mass is 35.5. The number of hydrogen-bond donors (Lipinski definition) is 1. The van der Waals surface area contributed by atoms with Gasteiger partial charge in [-0.25, -0.2) is 9.18 Å². The van der Waals surface area contributed by atoms with Gasteiger partial charge in [-0.2, -0.15) is 0 Å². The Balaban J connectivity index is 1.67. The molecule has 2 aromatic rings. The third kappa shape index (κ3) is 3.75. The van der Waals surface area contributed by atoms with Gasteiger partial charge in [-0.3, -0.25) is 4.79 Å². The molecule has 1 fully saturated rings. The quantitative estimate of drug-likeness (QED) is 0.783. The van der Waals surface area contributed by atoms with Gasteiger partial charge in [0.2, 0.25) is 0 Å². The molecule has 0 saturated heterocycles. The van der Waals surface area contributed by atoms with E-state index in [0.717, 1.165) is 30.3 Å². The minimum atomic E-state index is -1.02. The molecular weight excluding hydrogens is 359 g/mol. The monoisotopic (exact) mass is 378 g/mol. The average molecular weight is 379 g/mol. The van der Waals surface area contributed by atoms with Crippen LogP contribution in [0.5, 0.6) is 0 Å². The number of carbonyl (C=O) groups excluding carboxylic acids is 2. The number of esters is 1. The molecule has 0 aliphatic heterocycles. The topological polar surface area (TPSA) is 60.3 Å². The molecule has 0 radical (unpaired) electrons. The molecule has 0 unspecified atom stereocenters. The van der Waals surface area contributed by atoms with E-state index in [-0.39, 0.29) is 10.7 Å². The zero-order valence-electron chi connectivity index (χ0n) is 14.8. The van der Waals surface area contributed by atoms with E-state index >= 15 is 0 Å². The molecule has 0 spiro atoms. The first kappa shape index (κ1) is 18.5. The predicted octanol–water partition coefficient (Wildman–Crippen LogP) is 4.42. The Morgan fingerprint density at radius 3 is 2.62 bits per heavy atom. The molecule has 3 rings (SSSR count). The Morgan fingerprint density at radius 2 is 2.00 bits per heavy atom. The molecule has 138 valence electrons. The zero-order chi connectivity index (χ0) is 19.0. The van der Waals surface area contributed by atoms with E-state index in [2.05, 4.69) is 9.88 Å². The SMILES string of the molecule is Cc1cc(C(=O)O[C@@H](C)C(=O)Nc2ccc(F)cc2Cl)c(C)n1C1CC1. The first-order valence-corrected chi connectivity index (χ1v) is 8.81. The molecule has 0 bridgehead atoms. The van der Waals surface area contributed by atoms with Gasteiger partial charge >= 0.3 is 5.97 Å². The Bertz CT molecular complexity index is 874. The number of aromatic nitrogens is 1. The van der Waals surface area contributed by atoms with Gasteiger partial charge in [-0.15, -0.1) is 0 Å². The Labute approximate surface area is 156 Å². The van der Waals surface area contributed by atoms with Crippen LogP contribution in [0.15, 0.2) is 24.3 Å². The van der Waals surface area contributed by atoms with E-state index in [0.29, 0.717) is 11.6 Å². The van der Waals surface area contributed by atoms with Crippen molar-refractivity contribution in [3.63, 3.8) is 0 Å². The third-order valence-electron chi connectivity index (χ3n) is 4.46. The number of halogens is 2. The van der Waals surface area contributed by atoms with Crippen molar-refractivity contribution in [1.82, 2.24) is 4.57 Å². The van der Waals surface area contributed by atoms with Gasteiger partial charge in [0, 0.05) is 17.4 Å². The fraction of sp³-hybridized carbons (Fsp3) is 0.368. The number of aryl methyl sites for hydroxylation is 1. The van der Waals surface area contributed by atoms with Gasteiger partial charge in [0.15, 0.2) is 6.10 Å². The minimum Gasteiger partial charge on any atom is -0.449 e. The van der Waals surface area contributed by atoms with Crippen LogP contribution >= 0.6 is 11.6 Å². The van der Waals surface area contributed by atoms with Crippen LogP contribution in [0.4, 0.5) is 10.1 Å². The first-order chi connectivity index (χ1) is 12.3. The molecular formula is C19H20ClFN2O3. The molecule has 7 heteroatoms. The number of hydrogen-bond acceptors (Lipinski definition) is 3. The van der Waals surface area contributed by atoms with Crippen LogP contribution < -0.4 is 5.32 Å². The summed E-state index contributed by atoms with van der Waals surface area (Å²) < 4.78 is 20.5. The summed E-state index contributed by atoms with van der Waals surface area (Å²) in [6.07, 6.45) is 1.21. The molecule has 1 atom stereocenters. The van der Waals surface area contributed by atoms with Crippen LogP contribution in [0, 0.1) is 19.7 Å². The van der Waals surface area contributed by atoms with Crippen LogP contribution in [-0.4, -0.2) is 22.5 Å². The van der Waals surface area contributed by atoms with Crippen LogP contribution in [0.25, 0.3) is 0 Å². The van der Waals surface area contributed by atoms with Crippen molar-refractivity contribution < 1.29 is 18.7 Å². The number of carbonyl (C=O) groups is 2. The summed E-state index contributed by atoms with van der Waals surface area (Å²) >= 11 is 5.89. The van der Waals surface area contributed by atoms with Crippen molar-refractivity contribution in [1.29, 1.82) is 0 Å². The van der Waals surface area contributed by atoms with E-state index in [9.17, 15) is 14.0 Å². The van der Waals surface area contributed by atoms with E-state index in [1.165, 1.54) is 19.1 Å². The van der Waals surface area contributed by atoms with Crippen LogP contribution in [0.1, 0.15) is 47.6 Å². The molecule has 26 heavy (non-hydrogen) atoms. The lowest BCUT2D eigenvalue weighted by atomic mass is 10.2. The summed E-state index contributed by atoms with van der Waals surface area (Å²) in [5.74, 6) is -1.58. The van der Waals surface area contributed by atoms with Crippen molar-refractivity contribution in [3.05, 3.63) is 52.1 Å². The molecule has 1 N–H and O–H groups in total. The molecule has 5 nitrogen and oxygen atoms in total. The van der Waals surface area contributed by atoms with Crippen molar-refractivity contribution in [2.24, 2.45) is 0 Å². The highest BCUT2D eigenvalue weighted by molar-refractivity contribution is 6.33. The molecule has 1 amide bonds. The second kappa shape index (κ2) is 7.11. The Kier molecular flexibility index (Phi) is 5.05. The highest BCUT2D eigenvalue weighted by Crippen LogP contribution is 2.38. The van der Waals surface area contributed by atoms with Crippen molar-refractivity contribution in [2.45, 2.75) is 45.8 Å². The summed E-state index contributed by atoms with van der Waals surface area (Å²) in [6, 6.07) is 5.88. The lowest BCUT2D eigenvalue weighted by Gasteiger charge is -2.14. The average Bonchev–Trinajstić information content (AvgIpc) is 3.35. The predicted molar refractivity (Wildman–Crippen MR) is 97.1 cm³/mol. The normalized spacial score (nSPS) is 14.8. The summed E-state index contributed by atoms with van der Waals surface area (Å²) in [4.78, 5) is 24.7. The fourth-order valence-corrected chi connectivity index (χ4v) is 3.20. The van der Waals surface area contributed by atoms with E-state index in [4.69, 9.17) is 16.3 Å². The maximum Gasteiger partial charge on any atom is 0.340 e. The van der Waals surface area contributed by atoms with Crippen molar-refractivity contribution in [2.75, 3.05) is 5.32 Å². The van der Waals surface area contributed by atoms with Crippen molar-refractivity contribution >= 4 is 29.2 Å². The highest BCUT2D eigenvalue weighted by Gasteiger charge is 2.29. The molecule has 1 aliphatic rings. The number of anilines is 1. The first-order valence-electron chi connectivity index (χ1n) is 8.43. The number of rotatable bonds is 5. The fourth-order valence-electron chi connectivity index (χ4n) is 2.98. The zero-order valence-corrected chi connectivity index (χ0v) is 15.6. The Morgan fingerprint density at radius 1 is 1.31 bits per heavy atom. The summed E-state index contributed by atoms with van der Waals surface area (Å²) in [7, 11) is 0. The lowest BCUT2D eigenvalue weighted by Crippen LogP contribution is -2.30. The number of ether oxygens (including phenoxy) is 1. The maximum absolute atomic E-state index is 13.1. The van der Waals surface area contributed by atoms with Gasteiger partial charge < -0.3 is 14.6 Å². The molecule has 1 aliphatic carbocycles. The smallest absolute Gasteiger partial charge is 0.340 e. The van der Waals surface area contributed by atoms with Crippen LogP contribution in [0.3, 0.4) is 0 Å². The number of amides is 1. The van der Waals surface area contributed by atoms with Gasteiger partial charge in [0.25, 0.3) is 5.91 Å². The number of benzene rings is 1. The van der Waals surface area contributed by atoms with Gasteiger partial charge in [0.05, 0.1) is 16.3 Å². The molecule has 1 saturated carbocycles. The van der Waals surface area contributed by atoms with E-state index in [1.54, 1.807) is 6.07 Å². The minimum absolute atomic E-state index is 0.0739. The maximum atomic E-state index is 13.1. The summed E-state index contributed by atoms with van der Waals surface area (Å²) in [5, 5.41) is 2.61. The van der Waals surface area contributed by atoms with E-state index in [1.807, 2.05) is 13.8 Å². The van der Waals surface area contributed by atoms with Crippen molar-refractivity contribution in [3.8, 4) is 0 Å². The van der Waals surface area contributed by atoms with Crippen LogP contribution in [0.2, 0.25) is 5.02 Å². The summed E-state index contributed by atoms with van der Waals surface area (Å²) in [6.45, 7) is 5.31. The molecule has 1 heterocycles. The second-order valence-electron chi connectivity index (χ2n) is 6.55. The molecule has 1 aromatic heterocycles. The van der Waals surface area contributed by atoms with E-state index < -0.39 is 23.8 Å². The van der Waals surface area contributed by atoms with Gasteiger partial charge in [-0.1, -0.05) is 11.6 Å². The Hall–Kier alpha value is -2.34. The largest absolute Gasteiger partial charge is 0.449 e. The third-order valence-corrected chi connectivity index (χ3v) is 4.77. The standard InChI is InChI=1S/C19H20ClFN2O3/c1-10-8-15(11(2)23(10)14-5-6-14)19(25)26-12(3)18(24)22-17-7-4-13(21)9-16(17)20/h4,7-9,12,14H,5-6H2,1-3H3,(H,22,24)/t12-/m0/s1. The lowest BCUT2D eigenvalue weighted by molar-refractivity contribution is -0.123. The van der Waals surface area contributed by atoms with Gasteiger partial charge in [-0.05, 0) is 57.9 Å². The summed E-state index contributed by atoms with van der Waals surface area (Å²) in [5.41, 5.74) is 2.58. The van der Waals surface area contributed by atoms with Gasteiger partial charge in [0.1, 0.15) is 5.82 Å². The number of nitrogens with one attached hydrogen (secondary N) is 1. The van der Waals surface area contributed by atoms with Crippen LogP contribution in [-0.2, 0) is 9.53 Å². The number of nitrogens with zero attached hydrogens (tertiary/aromatic N) is 1. The molecule has 1 aromatic carbocycles.